The fourth-order valence-corrected chi connectivity index (χ4v) is 4.48. The minimum Gasteiger partial charge on any atom is -0.356 e. The van der Waals surface area contributed by atoms with Gasteiger partial charge in [-0.2, -0.15) is 0 Å². The van der Waals surface area contributed by atoms with Gasteiger partial charge in [-0.3, -0.25) is 9.59 Å². The number of amides is 4. The first-order chi connectivity index (χ1) is 14.5. The second kappa shape index (κ2) is 10.5. The van der Waals surface area contributed by atoms with E-state index in [-0.39, 0.29) is 23.8 Å². The molecule has 1 aliphatic heterocycles. The normalized spacial score (nSPS) is 20.4. The fourth-order valence-electron chi connectivity index (χ4n) is 4.48. The van der Waals surface area contributed by atoms with E-state index in [1.54, 1.807) is 4.90 Å². The first kappa shape index (κ1) is 22.1. The zero-order chi connectivity index (χ0) is 21.4. The lowest BCUT2D eigenvalue weighted by Crippen LogP contribution is -2.61. The fraction of sp³-hybridized carbons (Fsp3) is 0.609. The molecule has 0 aromatic heterocycles. The van der Waals surface area contributed by atoms with Crippen LogP contribution in [-0.4, -0.2) is 47.9 Å². The molecule has 1 aromatic rings. The van der Waals surface area contributed by atoms with Crippen molar-refractivity contribution in [3.05, 3.63) is 35.9 Å². The maximum atomic E-state index is 13.5. The summed E-state index contributed by atoms with van der Waals surface area (Å²) in [7, 11) is 0. The number of likely N-dealkylation sites (tertiary alicyclic amines) is 1. The molecule has 1 unspecified atom stereocenters. The first-order valence-electron chi connectivity index (χ1n) is 11.2. The molecule has 0 spiro atoms. The molecule has 2 aliphatic rings. The molecule has 1 saturated carbocycles. The van der Waals surface area contributed by atoms with Gasteiger partial charge >= 0.3 is 6.03 Å². The summed E-state index contributed by atoms with van der Waals surface area (Å²) in [5.74, 6) is -0.175. The minimum absolute atomic E-state index is 0.0309. The Labute approximate surface area is 179 Å². The highest BCUT2D eigenvalue weighted by molar-refractivity contribution is 5.92. The largest absolute Gasteiger partial charge is 0.356 e. The standard InChI is InChI=1S/C23H34N4O3/c1-2-14-24-20(28)19-11-8-15-27(17-19)21(29)23(12-6-7-13-23)26-22(30)25-16-18-9-4-3-5-10-18/h3-5,9-10,19H,2,6-8,11-17H2,1H3,(H,24,28)(H2,25,26,30). The van der Waals surface area contributed by atoms with Crippen molar-refractivity contribution in [2.45, 2.75) is 64.0 Å². The maximum absolute atomic E-state index is 13.5. The Hall–Kier alpha value is -2.57. The van der Waals surface area contributed by atoms with Crippen LogP contribution in [0.3, 0.4) is 0 Å². The maximum Gasteiger partial charge on any atom is 0.315 e. The van der Waals surface area contributed by atoms with Crippen LogP contribution in [0.15, 0.2) is 30.3 Å². The van der Waals surface area contributed by atoms with Crippen LogP contribution < -0.4 is 16.0 Å². The Balaban J connectivity index is 1.60. The summed E-state index contributed by atoms with van der Waals surface area (Å²) in [6.45, 7) is 4.18. The van der Waals surface area contributed by atoms with Gasteiger partial charge in [-0.25, -0.2) is 4.79 Å². The average molecular weight is 415 g/mol. The van der Waals surface area contributed by atoms with Crippen molar-refractivity contribution < 1.29 is 14.4 Å². The second-order valence-electron chi connectivity index (χ2n) is 8.46. The molecule has 1 saturated heterocycles. The number of hydrogen-bond acceptors (Lipinski definition) is 3. The Bertz CT molecular complexity index is 731. The van der Waals surface area contributed by atoms with Crippen LogP contribution in [0.2, 0.25) is 0 Å². The number of urea groups is 1. The third kappa shape index (κ3) is 5.52. The van der Waals surface area contributed by atoms with Gasteiger partial charge in [0, 0.05) is 26.2 Å². The molecule has 4 amide bonds. The number of nitrogens with one attached hydrogen (secondary N) is 3. The number of carbonyl (C=O) groups is 3. The first-order valence-corrected chi connectivity index (χ1v) is 11.2. The van der Waals surface area contributed by atoms with E-state index in [2.05, 4.69) is 16.0 Å². The smallest absolute Gasteiger partial charge is 0.315 e. The van der Waals surface area contributed by atoms with Crippen molar-refractivity contribution in [1.29, 1.82) is 0 Å². The van der Waals surface area contributed by atoms with Crippen molar-refractivity contribution in [3.63, 3.8) is 0 Å². The quantitative estimate of drug-likeness (QED) is 0.640. The van der Waals surface area contributed by atoms with Crippen LogP contribution in [0.5, 0.6) is 0 Å². The predicted molar refractivity (Wildman–Crippen MR) is 116 cm³/mol. The lowest BCUT2D eigenvalue weighted by Gasteiger charge is -2.39. The number of nitrogens with zero attached hydrogens (tertiary/aromatic N) is 1. The Morgan fingerprint density at radius 1 is 1.07 bits per heavy atom. The lowest BCUT2D eigenvalue weighted by molar-refractivity contribution is -0.141. The molecular formula is C23H34N4O3. The highest BCUT2D eigenvalue weighted by Gasteiger charge is 2.46. The average Bonchev–Trinajstić information content (AvgIpc) is 3.25. The van der Waals surface area contributed by atoms with Gasteiger partial charge in [-0.1, -0.05) is 50.1 Å². The third-order valence-corrected chi connectivity index (χ3v) is 6.14. The van der Waals surface area contributed by atoms with Crippen molar-refractivity contribution in [2.24, 2.45) is 5.92 Å². The van der Waals surface area contributed by atoms with Crippen LogP contribution in [0.4, 0.5) is 4.79 Å². The molecule has 1 aromatic carbocycles. The third-order valence-electron chi connectivity index (χ3n) is 6.14. The number of rotatable bonds is 7. The Kier molecular flexibility index (Phi) is 7.71. The van der Waals surface area contributed by atoms with Gasteiger partial charge in [-0.05, 0) is 37.7 Å². The van der Waals surface area contributed by atoms with E-state index in [4.69, 9.17) is 0 Å². The zero-order valence-electron chi connectivity index (χ0n) is 17.9. The second-order valence-corrected chi connectivity index (χ2v) is 8.46. The molecule has 7 heteroatoms. The van der Waals surface area contributed by atoms with Gasteiger partial charge < -0.3 is 20.9 Å². The number of carbonyl (C=O) groups excluding carboxylic acids is 3. The van der Waals surface area contributed by atoms with E-state index in [1.165, 1.54) is 0 Å². The molecule has 0 radical (unpaired) electrons. The minimum atomic E-state index is -0.859. The zero-order valence-corrected chi connectivity index (χ0v) is 17.9. The van der Waals surface area contributed by atoms with Crippen LogP contribution in [0.1, 0.15) is 57.4 Å². The van der Waals surface area contributed by atoms with Crippen molar-refractivity contribution in [3.8, 4) is 0 Å². The molecule has 0 bridgehead atoms. The van der Waals surface area contributed by atoms with Gasteiger partial charge in [0.25, 0.3) is 0 Å². The summed E-state index contributed by atoms with van der Waals surface area (Å²) >= 11 is 0. The van der Waals surface area contributed by atoms with E-state index < -0.39 is 5.54 Å². The molecule has 1 heterocycles. The van der Waals surface area contributed by atoms with Crippen molar-refractivity contribution in [1.82, 2.24) is 20.9 Å². The molecule has 1 atom stereocenters. The van der Waals surface area contributed by atoms with E-state index in [0.717, 1.165) is 37.7 Å². The van der Waals surface area contributed by atoms with Gasteiger partial charge in [0.05, 0.1) is 5.92 Å². The molecule has 1 aliphatic carbocycles. The molecule has 7 nitrogen and oxygen atoms in total. The monoisotopic (exact) mass is 414 g/mol. The summed E-state index contributed by atoms with van der Waals surface area (Å²) in [5, 5.41) is 8.82. The SMILES string of the molecule is CCCNC(=O)C1CCCN(C(=O)C2(NC(=O)NCc3ccccc3)CCCC2)C1. The van der Waals surface area contributed by atoms with E-state index >= 15 is 0 Å². The predicted octanol–water partition coefficient (Wildman–Crippen LogP) is 2.56. The Morgan fingerprint density at radius 3 is 2.50 bits per heavy atom. The van der Waals surface area contributed by atoms with Crippen LogP contribution in [-0.2, 0) is 16.1 Å². The van der Waals surface area contributed by atoms with E-state index in [1.807, 2.05) is 37.3 Å². The summed E-state index contributed by atoms with van der Waals surface area (Å²) in [6.07, 6.45) is 5.63. The molecule has 3 rings (SSSR count). The summed E-state index contributed by atoms with van der Waals surface area (Å²) in [6, 6.07) is 9.39. The van der Waals surface area contributed by atoms with Crippen molar-refractivity contribution in [2.75, 3.05) is 19.6 Å². The van der Waals surface area contributed by atoms with Crippen molar-refractivity contribution >= 4 is 17.8 Å². The van der Waals surface area contributed by atoms with Gasteiger partial charge in [0.15, 0.2) is 0 Å². The van der Waals surface area contributed by atoms with Crippen LogP contribution in [0.25, 0.3) is 0 Å². The molecule has 2 fully saturated rings. The molecule has 164 valence electrons. The Morgan fingerprint density at radius 2 is 1.80 bits per heavy atom. The highest BCUT2D eigenvalue weighted by atomic mass is 16.2. The molecular weight excluding hydrogens is 380 g/mol. The highest BCUT2D eigenvalue weighted by Crippen LogP contribution is 2.33. The lowest BCUT2D eigenvalue weighted by atomic mass is 9.91. The van der Waals surface area contributed by atoms with Gasteiger partial charge in [-0.15, -0.1) is 0 Å². The summed E-state index contributed by atoms with van der Waals surface area (Å²) in [4.78, 5) is 40.3. The van der Waals surface area contributed by atoms with Gasteiger partial charge in [0.1, 0.15) is 5.54 Å². The molecule has 30 heavy (non-hydrogen) atoms. The number of benzene rings is 1. The van der Waals surface area contributed by atoms with Gasteiger partial charge in [0.2, 0.25) is 11.8 Å². The van der Waals surface area contributed by atoms with E-state index in [0.29, 0.717) is 39.0 Å². The number of hydrogen-bond donors (Lipinski definition) is 3. The summed E-state index contributed by atoms with van der Waals surface area (Å²) in [5.41, 5.74) is 0.152. The number of piperidine rings is 1. The molecule has 3 N–H and O–H groups in total. The summed E-state index contributed by atoms with van der Waals surface area (Å²) < 4.78 is 0. The van der Waals surface area contributed by atoms with Crippen LogP contribution >= 0.6 is 0 Å². The topological polar surface area (TPSA) is 90.5 Å². The van der Waals surface area contributed by atoms with Crippen LogP contribution in [0, 0.1) is 5.92 Å². The van der Waals surface area contributed by atoms with E-state index in [9.17, 15) is 14.4 Å².